The lowest BCUT2D eigenvalue weighted by Gasteiger charge is -1.90. The van der Waals surface area contributed by atoms with Gasteiger partial charge in [0.05, 0.1) is 28.9 Å². The molecule has 0 fully saturated rings. The van der Waals surface area contributed by atoms with Gasteiger partial charge in [0.25, 0.3) is 0 Å². The standard InChI is InChI=1S/C8H2N4S/c9-3-5-1-6(4-10)8-7(2-5)11-13-12-8/h1-2H. The average Bonchev–Trinajstić information content (AvgIpc) is 2.63. The Hall–Kier alpha value is -1.98. The molecule has 0 spiro atoms. The van der Waals surface area contributed by atoms with Gasteiger partial charge in [-0.3, -0.25) is 0 Å². The van der Waals surface area contributed by atoms with Crippen molar-refractivity contribution < 1.29 is 0 Å². The minimum atomic E-state index is 0.405. The van der Waals surface area contributed by atoms with Crippen molar-refractivity contribution in [2.24, 2.45) is 0 Å². The third-order valence-corrected chi connectivity index (χ3v) is 2.15. The minimum absolute atomic E-state index is 0.405. The van der Waals surface area contributed by atoms with Gasteiger partial charge in [0.15, 0.2) is 0 Å². The number of rotatable bonds is 0. The second-order valence-corrected chi connectivity index (χ2v) is 2.91. The predicted octanol–water partition coefficient (Wildman–Crippen LogP) is 1.43. The summed E-state index contributed by atoms with van der Waals surface area (Å²) in [6.07, 6.45) is 0. The van der Waals surface area contributed by atoms with Gasteiger partial charge in [0.2, 0.25) is 0 Å². The molecule has 0 saturated carbocycles. The molecule has 2 aromatic rings. The van der Waals surface area contributed by atoms with Gasteiger partial charge in [-0.2, -0.15) is 19.3 Å². The fourth-order valence-corrected chi connectivity index (χ4v) is 1.58. The first-order valence-electron chi connectivity index (χ1n) is 3.41. The molecule has 13 heavy (non-hydrogen) atoms. The summed E-state index contributed by atoms with van der Waals surface area (Å²) < 4.78 is 7.93. The van der Waals surface area contributed by atoms with Crippen LogP contribution in [-0.4, -0.2) is 8.75 Å². The maximum absolute atomic E-state index is 8.75. The Labute approximate surface area is 78.0 Å². The summed E-state index contributed by atoms with van der Waals surface area (Å²) in [6, 6.07) is 7.10. The van der Waals surface area contributed by atoms with Crippen molar-refractivity contribution in [2.45, 2.75) is 0 Å². The van der Waals surface area contributed by atoms with E-state index >= 15 is 0 Å². The van der Waals surface area contributed by atoms with Crippen LogP contribution in [0.3, 0.4) is 0 Å². The first-order valence-corrected chi connectivity index (χ1v) is 4.14. The van der Waals surface area contributed by atoms with E-state index in [9.17, 15) is 0 Å². The normalized spacial score (nSPS) is 9.38. The van der Waals surface area contributed by atoms with E-state index in [1.165, 1.54) is 6.07 Å². The van der Waals surface area contributed by atoms with Crippen molar-refractivity contribution in [3.8, 4) is 12.1 Å². The number of hydrogen-bond donors (Lipinski definition) is 0. The quantitative estimate of drug-likeness (QED) is 0.623. The van der Waals surface area contributed by atoms with Gasteiger partial charge in [-0.25, -0.2) is 0 Å². The molecule has 4 nitrogen and oxygen atoms in total. The molecule has 0 saturated heterocycles. The number of nitriles is 2. The maximum atomic E-state index is 8.75. The topological polar surface area (TPSA) is 73.4 Å². The molecule has 0 bridgehead atoms. The van der Waals surface area contributed by atoms with Crippen LogP contribution in [0, 0.1) is 22.7 Å². The molecule has 0 aliphatic heterocycles. The monoisotopic (exact) mass is 186 g/mol. The molecule has 0 aliphatic rings. The highest BCUT2D eigenvalue weighted by Gasteiger charge is 2.06. The van der Waals surface area contributed by atoms with Gasteiger partial charge in [0, 0.05) is 0 Å². The molecule has 0 aliphatic carbocycles. The fourth-order valence-electron chi connectivity index (χ4n) is 1.04. The maximum Gasteiger partial charge on any atom is 0.122 e. The van der Waals surface area contributed by atoms with Crippen molar-refractivity contribution in [1.29, 1.82) is 10.5 Å². The summed E-state index contributed by atoms with van der Waals surface area (Å²) in [5, 5.41) is 17.4. The molecule has 1 aromatic heterocycles. The van der Waals surface area contributed by atoms with Crippen molar-refractivity contribution in [3.63, 3.8) is 0 Å². The molecular formula is C8H2N4S. The summed E-state index contributed by atoms with van der Waals surface area (Å²) >= 11 is 1.04. The largest absolute Gasteiger partial charge is 0.192 e. The van der Waals surface area contributed by atoms with Crippen molar-refractivity contribution in [3.05, 3.63) is 23.3 Å². The molecule has 0 atom stereocenters. The minimum Gasteiger partial charge on any atom is -0.192 e. The third kappa shape index (κ3) is 1.12. The van der Waals surface area contributed by atoms with Crippen molar-refractivity contribution in [1.82, 2.24) is 8.75 Å². The predicted molar refractivity (Wildman–Crippen MR) is 46.8 cm³/mol. The summed E-state index contributed by atoms with van der Waals surface area (Å²) in [5.74, 6) is 0. The van der Waals surface area contributed by atoms with E-state index in [1.807, 2.05) is 12.1 Å². The third-order valence-electron chi connectivity index (χ3n) is 1.61. The van der Waals surface area contributed by atoms with Gasteiger partial charge in [0.1, 0.15) is 17.1 Å². The molecule has 5 heteroatoms. The summed E-state index contributed by atoms with van der Waals surface area (Å²) in [6.45, 7) is 0. The SMILES string of the molecule is N#Cc1cc(C#N)c2nsnc2c1. The highest BCUT2D eigenvalue weighted by molar-refractivity contribution is 7.00. The van der Waals surface area contributed by atoms with Crippen LogP contribution in [0.1, 0.15) is 11.1 Å². The van der Waals surface area contributed by atoms with E-state index in [4.69, 9.17) is 10.5 Å². The fraction of sp³-hybridized carbons (Fsp3) is 0. The van der Waals surface area contributed by atoms with Crippen LogP contribution < -0.4 is 0 Å². The molecule has 0 N–H and O–H groups in total. The van der Waals surface area contributed by atoms with Gasteiger partial charge in [-0.15, -0.1) is 0 Å². The Morgan fingerprint density at radius 1 is 1.15 bits per heavy atom. The zero-order chi connectivity index (χ0) is 9.26. The molecule has 2 rings (SSSR count). The van der Waals surface area contributed by atoms with Crippen LogP contribution in [0.5, 0.6) is 0 Å². The Bertz CT molecular complexity index is 543. The van der Waals surface area contributed by atoms with Crippen molar-refractivity contribution in [2.75, 3.05) is 0 Å². The second kappa shape index (κ2) is 2.81. The Balaban J connectivity index is 2.89. The molecule has 60 valence electrons. The molecule has 1 aromatic carbocycles. The lowest BCUT2D eigenvalue weighted by Crippen LogP contribution is -1.82. The van der Waals surface area contributed by atoms with Crippen molar-refractivity contribution >= 4 is 22.8 Å². The van der Waals surface area contributed by atoms with Gasteiger partial charge in [-0.1, -0.05) is 0 Å². The number of hydrogen-bond acceptors (Lipinski definition) is 5. The Morgan fingerprint density at radius 2 is 2.00 bits per heavy atom. The lowest BCUT2D eigenvalue weighted by atomic mass is 10.1. The number of fused-ring (bicyclic) bond motifs is 1. The van der Waals surface area contributed by atoms with E-state index in [0.29, 0.717) is 22.2 Å². The Kier molecular flexibility index (Phi) is 1.66. The van der Waals surface area contributed by atoms with Gasteiger partial charge in [-0.05, 0) is 12.1 Å². The van der Waals surface area contributed by atoms with Gasteiger partial charge < -0.3 is 0 Å². The summed E-state index contributed by atoms with van der Waals surface area (Å²) in [7, 11) is 0. The number of aromatic nitrogens is 2. The van der Waals surface area contributed by atoms with Crippen LogP contribution >= 0.6 is 11.7 Å². The first kappa shape index (κ1) is 7.66. The molecule has 1 heterocycles. The Morgan fingerprint density at radius 3 is 2.69 bits per heavy atom. The highest BCUT2D eigenvalue weighted by atomic mass is 32.1. The van der Waals surface area contributed by atoms with Gasteiger partial charge >= 0.3 is 0 Å². The van der Waals surface area contributed by atoms with E-state index in [0.717, 1.165) is 11.7 Å². The van der Waals surface area contributed by atoms with Crippen LogP contribution in [0.2, 0.25) is 0 Å². The van der Waals surface area contributed by atoms with Crippen LogP contribution in [0.15, 0.2) is 12.1 Å². The van der Waals surface area contributed by atoms with E-state index in [2.05, 4.69) is 8.75 Å². The smallest absolute Gasteiger partial charge is 0.122 e. The molecule has 0 amide bonds. The molecule has 0 radical (unpaired) electrons. The molecule has 0 unspecified atom stereocenters. The number of nitrogens with zero attached hydrogens (tertiary/aromatic N) is 4. The lowest BCUT2D eigenvalue weighted by molar-refractivity contribution is 1.45. The second-order valence-electron chi connectivity index (χ2n) is 2.38. The average molecular weight is 186 g/mol. The van der Waals surface area contributed by atoms with Crippen LogP contribution in [0.25, 0.3) is 11.0 Å². The summed E-state index contributed by atoms with van der Waals surface area (Å²) in [4.78, 5) is 0. The zero-order valence-electron chi connectivity index (χ0n) is 6.35. The van der Waals surface area contributed by atoms with Crippen LogP contribution in [0.4, 0.5) is 0 Å². The summed E-state index contributed by atoms with van der Waals surface area (Å²) in [5.41, 5.74) is 2.03. The highest BCUT2D eigenvalue weighted by Crippen LogP contribution is 2.17. The molecular weight excluding hydrogens is 184 g/mol. The van der Waals surface area contributed by atoms with E-state index in [1.54, 1.807) is 6.07 Å². The number of benzene rings is 1. The van der Waals surface area contributed by atoms with E-state index in [-0.39, 0.29) is 0 Å². The zero-order valence-corrected chi connectivity index (χ0v) is 7.17. The van der Waals surface area contributed by atoms with E-state index < -0.39 is 0 Å². The van der Waals surface area contributed by atoms with Crippen LogP contribution in [-0.2, 0) is 0 Å². The first-order chi connectivity index (χ1) is 6.35.